The van der Waals surface area contributed by atoms with Crippen LogP contribution in [0.4, 0.5) is 11.8 Å². The van der Waals surface area contributed by atoms with E-state index in [0.717, 1.165) is 84.7 Å². The van der Waals surface area contributed by atoms with E-state index >= 15 is 0 Å². The van der Waals surface area contributed by atoms with Crippen LogP contribution in [0.15, 0.2) is 33.5 Å². The van der Waals surface area contributed by atoms with Gasteiger partial charge in [-0.05, 0) is 66.4 Å². The van der Waals surface area contributed by atoms with Gasteiger partial charge in [0, 0.05) is 30.3 Å². The molecule has 3 aliphatic rings. The predicted octanol–water partition coefficient (Wildman–Crippen LogP) is 4.04. The maximum absolute atomic E-state index is 9.99. The Hall–Kier alpha value is -2.21. The number of rotatable bonds is 5. The van der Waals surface area contributed by atoms with Gasteiger partial charge in [-0.25, -0.2) is 4.98 Å². The highest BCUT2D eigenvalue weighted by Crippen LogP contribution is 2.39. The topological polar surface area (TPSA) is 97.4 Å². The summed E-state index contributed by atoms with van der Waals surface area (Å²) in [6.45, 7) is 1.87. The van der Waals surface area contributed by atoms with Crippen molar-refractivity contribution in [1.29, 1.82) is 5.26 Å². The average molecular weight is 471 g/mol. The lowest BCUT2D eigenvalue weighted by molar-refractivity contribution is 0.143. The maximum Gasteiger partial charge on any atom is 0.227 e. The number of aliphatic hydroxyl groups is 1. The average Bonchev–Trinajstić information content (AvgIpc) is 3.20. The Morgan fingerprint density at radius 2 is 2.00 bits per heavy atom. The van der Waals surface area contributed by atoms with Crippen LogP contribution in [-0.4, -0.2) is 46.1 Å². The number of aliphatic hydroxyl groups excluding tert-OH is 1. The summed E-state index contributed by atoms with van der Waals surface area (Å²) in [6.07, 6.45) is 7.80. The van der Waals surface area contributed by atoms with Crippen molar-refractivity contribution in [3.8, 4) is 6.19 Å². The first kappa shape index (κ1) is 21.6. The van der Waals surface area contributed by atoms with Crippen LogP contribution in [0, 0.1) is 11.5 Å². The van der Waals surface area contributed by atoms with Gasteiger partial charge in [0.1, 0.15) is 5.82 Å². The van der Waals surface area contributed by atoms with E-state index in [1.165, 1.54) is 5.56 Å². The van der Waals surface area contributed by atoms with Crippen molar-refractivity contribution in [2.24, 2.45) is 4.36 Å². The molecule has 7 nitrogen and oxygen atoms in total. The van der Waals surface area contributed by atoms with E-state index in [0.29, 0.717) is 5.92 Å². The molecule has 2 aromatic rings. The summed E-state index contributed by atoms with van der Waals surface area (Å²) >= 11 is 6.05. The number of hydrogen-bond donors (Lipinski definition) is 2. The second-order valence-corrected chi connectivity index (χ2v) is 11.1. The molecular formula is C23H27ClN6OS. The number of nitrogens with zero attached hydrogens (tertiary/aromatic N) is 5. The van der Waals surface area contributed by atoms with Crippen molar-refractivity contribution < 1.29 is 5.11 Å². The SMILES string of the molecule is N#CN=S1CCc2nc(N3CCC(c4ccc(Cl)cc4)CC3)nc(NC3(CO)CCC3)c21. The van der Waals surface area contributed by atoms with E-state index in [4.69, 9.17) is 26.8 Å². The molecule has 0 amide bonds. The first-order valence-corrected chi connectivity index (χ1v) is 12.9. The molecule has 1 saturated carbocycles. The fourth-order valence-corrected chi connectivity index (χ4v) is 6.63. The lowest BCUT2D eigenvalue weighted by atomic mass is 9.77. The Bertz CT molecular complexity index is 1070. The van der Waals surface area contributed by atoms with Crippen LogP contribution in [0.5, 0.6) is 0 Å². The minimum Gasteiger partial charge on any atom is -0.394 e. The molecule has 1 saturated heterocycles. The molecule has 0 radical (unpaired) electrons. The van der Waals surface area contributed by atoms with Crippen molar-refractivity contribution in [2.75, 3.05) is 35.7 Å². The molecule has 1 aliphatic carbocycles. The van der Waals surface area contributed by atoms with Gasteiger partial charge in [0.2, 0.25) is 12.1 Å². The van der Waals surface area contributed by atoms with E-state index in [2.05, 4.69) is 26.7 Å². The van der Waals surface area contributed by atoms with Gasteiger partial charge in [0.05, 0.1) is 22.7 Å². The molecule has 9 heteroatoms. The van der Waals surface area contributed by atoms with Crippen molar-refractivity contribution in [3.63, 3.8) is 0 Å². The van der Waals surface area contributed by atoms with Crippen LogP contribution in [0.3, 0.4) is 0 Å². The summed E-state index contributed by atoms with van der Waals surface area (Å²) in [6, 6.07) is 8.18. The van der Waals surface area contributed by atoms with E-state index in [9.17, 15) is 5.11 Å². The standard InChI is InChI=1S/C23H27ClN6OS/c24-18-4-2-16(3-5-18)17-6-11-30(12-7-17)22-27-19-8-13-32(26-15-25)20(19)21(28-22)29-23(14-31)9-1-10-23/h2-5,17,31H,1,6-14H2,(H,27,28,29). The zero-order chi connectivity index (χ0) is 22.1. The minimum absolute atomic E-state index is 0.0801. The second kappa shape index (κ2) is 8.97. The van der Waals surface area contributed by atoms with Gasteiger partial charge >= 0.3 is 0 Å². The molecule has 3 heterocycles. The monoisotopic (exact) mass is 470 g/mol. The van der Waals surface area contributed by atoms with Crippen molar-refractivity contribution in [3.05, 3.63) is 40.5 Å². The summed E-state index contributed by atoms with van der Waals surface area (Å²) in [4.78, 5) is 13.1. The summed E-state index contributed by atoms with van der Waals surface area (Å²) in [7, 11) is -0.509. The Balaban J connectivity index is 1.40. The zero-order valence-corrected chi connectivity index (χ0v) is 19.5. The Morgan fingerprint density at radius 1 is 1.25 bits per heavy atom. The molecule has 32 heavy (non-hydrogen) atoms. The molecular weight excluding hydrogens is 444 g/mol. The van der Waals surface area contributed by atoms with Gasteiger partial charge in [-0.2, -0.15) is 10.2 Å². The number of aromatic nitrogens is 2. The van der Waals surface area contributed by atoms with Gasteiger partial charge in [0.15, 0.2) is 0 Å². The molecule has 0 bridgehead atoms. The quantitative estimate of drug-likeness (QED) is 0.640. The lowest BCUT2D eigenvalue weighted by Gasteiger charge is -2.42. The normalized spacial score (nSPS) is 22.3. The Kier molecular flexibility index (Phi) is 6.06. The second-order valence-electron chi connectivity index (χ2n) is 8.89. The van der Waals surface area contributed by atoms with Crippen molar-refractivity contribution in [1.82, 2.24) is 9.97 Å². The van der Waals surface area contributed by atoms with Crippen LogP contribution >= 0.6 is 11.6 Å². The first-order valence-electron chi connectivity index (χ1n) is 11.2. The van der Waals surface area contributed by atoms with Crippen LogP contribution < -0.4 is 10.2 Å². The number of fused-ring (bicyclic) bond motifs is 1. The largest absolute Gasteiger partial charge is 0.394 e. The van der Waals surface area contributed by atoms with Gasteiger partial charge in [0.25, 0.3) is 0 Å². The Morgan fingerprint density at radius 3 is 2.62 bits per heavy atom. The third-order valence-corrected chi connectivity index (χ3v) is 9.00. The number of benzene rings is 1. The lowest BCUT2D eigenvalue weighted by Crippen LogP contribution is -2.48. The summed E-state index contributed by atoms with van der Waals surface area (Å²) in [5, 5.41) is 23.5. The molecule has 1 aromatic carbocycles. The minimum atomic E-state index is -0.509. The van der Waals surface area contributed by atoms with Gasteiger partial charge in [-0.3, -0.25) is 0 Å². The first-order chi connectivity index (χ1) is 15.6. The van der Waals surface area contributed by atoms with Crippen molar-refractivity contribution in [2.45, 2.75) is 54.9 Å². The summed E-state index contributed by atoms with van der Waals surface area (Å²) in [5.74, 6) is 2.83. The predicted molar refractivity (Wildman–Crippen MR) is 127 cm³/mol. The van der Waals surface area contributed by atoms with Crippen LogP contribution in [0.2, 0.25) is 5.02 Å². The maximum atomic E-state index is 9.99. The molecule has 2 aliphatic heterocycles. The van der Waals surface area contributed by atoms with Gasteiger partial charge in [-0.1, -0.05) is 23.7 Å². The fraction of sp³-hybridized carbons (Fsp3) is 0.522. The molecule has 2 N–H and O–H groups in total. The number of aryl methyl sites for hydroxylation is 1. The van der Waals surface area contributed by atoms with Crippen molar-refractivity contribution >= 4 is 34.1 Å². The Labute approximate surface area is 195 Å². The summed E-state index contributed by atoms with van der Waals surface area (Å²) in [5.41, 5.74) is 2.01. The molecule has 1 aromatic heterocycles. The van der Waals surface area contributed by atoms with Gasteiger partial charge in [-0.15, -0.1) is 4.36 Å². The van der Waals surface area contributed by atoms with E-state index < -0.39 is 10.7 Å². The molecule has 5 rings (SSSR count). The number of hydrogen-bond acceptors (Lipinski definition) is 7. The highest BCUT2D eigenvalue weighted by atomic mass is 35.5. The molecule has 1 unspecified atom stereocenters. The number of anilines is 2. The third kappa shape index (κ3) is 4.09. The van der Waals surface area contributed by atoms with Crippen LogP contribution in [0.25, 0.3) is 0 Å². The molecule has 2 fully saturated rings. The van der Waals surface area contributed by atoms with E-state index in [-0.39, 0.29) is 12.1 Å². The third-order valence-electron chi connectivity index (χ3n) is 6.96. The smallest absolute Gasteiger partial charge is 0.227 e. The number of nitriles is 1. The molecule has 0 spiro atoms. The summed E-state index contributed by atoms with van der Waals surface area (Å²) < 4.78 is 4.14. The fourth-order valence-electron chi connectivity index (χ4n) is 4.89. The molecule has 168 valence electrons. The number of halogens is 1. The van der Waals surface area contributed by atoms with E-state index in [1.807, 2.05) is 18.3 Å². The van der Waals surface area contributed by atoms with Crippen LogP contribution in [-0.2, 0) is 17.1 Å². The van der Waals surface area contributed by atoms with E-state index in [1.54, 1.807) is 0 Å². The molecule has 1 atom stereocenters. The van der Waals surface area contributed by atoms with Crippen LogP contribution in [0.1, 0.15) is 49.3 Å². The number of nitrogens with one attached hydrogen (secondary N) is 1. The highest BCUT2D eigenvalue weighted by molar-refractivity contribution is 7.87. The zero-order valence-electron chi connectivity index (χ0n) is 17.9. The van der Waals surface area contributed by atoms with Gasteiger partial charge < -0.3 is 15.3 Å². The number of piperidine rings is 1. The highest BCUT2D eigenvalue weighted by Gasteiger charge is 2.39.